The number of nitrogens with one attached hydrogen (secondary N) is 2. The van der Waals surface area contributed by atoms with Crippen LogP contribution in [-0.2, 0) is 6.54 Å². The molecule has 24 heavy (non-hydrogen) atoms. The highest BCUT2D eigenvalue weighted by atomic mass is 35.5. The number of phenols is 2. The standard InChI is InChI=1S/C17H15ClN4O2/c18-15-10-20-17(21-12-4-2-6-14(24)8-12)22-16(15)19-9-11-3-1-5-13(23)7-11/h1-8,10,23-24H,9H2,(H2,19,20,21,22). The van der Waals surface area contributed by atoms with Gasteiger partial charge in [0.15, 0.2) is 5.82 Å². The third-order valence-electron chi connectivity index (χ3n) is 3.22. The van der Waals surface area contributed by atoms with Crippen molar-refractivity contribution in [2.75, 3.05) is 10.6 Å². The molecule has 6 nitrogen and oxygen atoms in total. The van der Waals surface area contributed by atoms with Crippen molar-refractivity contribution in [2.24, 2.45) is 0 Å². The Morgan fingerprint density at radius 3 is 2.50 bits per heavy atom. The largest absolute Gasteiger partial charge is 0.508 e. The molecule has 0 atom stereocenters. The molecular formula is C17H15ClN4O2. The zero-order valence-electron chi connectivity index (χ0n) is 12.6. The van der Waals surface area contributed by atoms with Gasteiger partial charge in [0.05, 0.1) is 6.20 Å². The van der Waals surface area contributed by atoms with Gasteiger partial charge in [0.2, 0.25) is 5.95 Å². The number of benzene rings is 2. The summed E-state index contributed by atoms with van der Waals surface area (Å²) < 4.78 is 0. The van der Waals surface area contributed by atoms with Gasteiger partial charge in [0.25, 0.3) is 0 Å². The Kier molecular flexibility index (Phi) is 4.67. The summed E-state index contributed by atoms with van der Waals surface area (Å²) in [5.41, 5.74) is 1.56. The Morgan fingerprint density at radius 2 is 1.75 bits per heavy atom. The quantitative estimate of drug-likeness (QED) is 0.562. The van der Waals surface area contributed by atoms with E-state index in [1.807, 2.05) is 6.07 Å². The van der Waals surface area contributed by atoms with Crippen LogP contribution in [0.5, 0.6) is 11.5 Å². The molecule has 3 aromatic rings. The predicted octanol–water partition coefficient (Wildman–Crippen LogP) is 3.90. The summed E-state index contributed by atoms with van der Waals surface area (Å²) in [7, 11) is 0. The Hall–Kier alpha value is -2.99. The van der Waals surface area contributed by atoms with Crippen LogP contribution in [-0.4, -0.2) is 20.2 Å². The van der Waals surface area contributed by atoms with E-state index in [1.54, 1.807) is 42.5 Å². The first-order valence-electron chi connectivity index (χ1n) is 7.20. The Bertz CT molecular complexity index is 857. The molecule has 122 valence electrons. The Balaban J connectivity index is 1.74. The minimum atomic E-state index is 0.149. The zero-order valence-corrected chi connectivity index (χ0v) is 13.3. The number of aromatic nitrogens is 2. The number of hydrogen-bond acceptors (Lipinski definition) is 6. The van der Waals surface area contributed by atoms with Crippen molar-refractivity contribution >= 4 is 29.1 Å². The fraction of sp³-hybridized carbons (Fsp3) is 0.0588. The van der Waals surface area contributed by atoms with Crippen LogP contribution in [0.15, 0.2) is 54.7 Å². The Morgan fingerprint density at radius 1 is 1.00 bits per heavy atom. The van der Waals surface area contributed by atoms with E-state index in [9.17, 15) is 10.2 Å². The molecule has 1 heterocycles. The van der Waals surface area contributed by atoms with E-state index in [4.69, 9.17) is 11.6 Å². The first-order chi connectivity index (χ1) is 11.6. The number of hydrogen-bond donors (Lipinski definition) is 4. The Labute approximate surface area is 143 Å². The third-order valence-corrected chi connectivity index (χ3v) is 3.49. The van der Waals surface area contributed by atoms with E-state index in [0.29, 0.717) is 29.0 Å². The van der Waals surface area contributed by atoms with Crippen molar-refractivity contribution in [3.63, 3.8) is 0 Å². The molecular weight excluding hydrogens is 328 g/mol. The fourth-order valence-corrected chi connectivity index (χ4v) is 2.27. The highest BCUT2D eigenvalue weighted by molar-refractivity contribution is 6.32. The van der Waals surface area contributed by atoms with Crippen LogP contribution in [0, 0.1) is 0 Å². The lowest BCUT2D eigenvalue weighted by Gasteiger charge is -2.10. The second-order valence-electron chi connectivity index (χ2n) is 5.09. The van der Waals surface area contributed by atoms with Crippen LogP contribution in [0.1, 0.15) is 5.56 Å². The van der Waals surface area contributed by atoms with Crippen LogP contribution < -0.4 is 10.6 Å². The molecule has 0 bridgehead atoms. The highest BCUT2D eigenvalue weighted by Gasteiger charge is 2.06. The van der Waals surface area contributed by atoms with Crippen molar-refractivity contribution in [2.45, 2.75) is 6.54 Å². The van der Waals surface area contributed by atoms with E-state index in [0.717, 1.165) is 5.56 Å². The summed E-state index contributed by atoms with van der Waals surface area (Å²) in [6.07, 6.45) is 1.49. The van der Waals surface area contributed by atoms with Gasteiger partial charge in [0.1, 0.15) is 16.5 Å². The molecule has 0 aliphatic carbocycles. The SMILES string of the molecule is Oc1cccc(CNc2nc(Nc3cccc(O)c3)ncc2Cl)c1. The molecule has 0 saturated carbocycles. The number of anilines is 3. The molecule has 0 aliphatic rings. The predicted molar refractivity (Wildman–Crippen MR) is 93.9 cm³/mol. The van der Waals surface area contributed by atoms with Crippen LogP contribution in [0.3, 0.4) is 0 Å². The molecule has 0 amide bonds. The molecule has 4 N–H and O–H groups in total. The number of aromatic hydroxyl groups is 2. The van der Waals surface area contributed by atoms with Gasteiger partial charge in [-0.15, -0.1) is 0 Å². The molecule has 0 saturated heterocycles. The highest BCUT2D eigenvalue weighted by Crippen LogP contribution is 2.23. The average Bonchev–Trinajstić information content (AvgIpc) is 2.55. The first kappa shape index (κ1) is 15.9. The molecule has 1 aromatic heterocycles. The third kappa shape index (κ3) is 4.05. The topological polar surface area (TPSA) is 90.3 Å². The van der Waals surface area contributed by atoms with E-state index in [2.05, 4.69) is 20.6 Å². The van der Waals surface area contributed by atoms with E-state index < -0.39 is 0 Å². The second-order valence-corrected chi connectivity index (χ2v) is 5.50. The van der Waals surface area contributed by atoms with Gasteiger partial charge in [-0.2, -0.15) is 4.98 Å². The summed E-state index contributed by atoms with van der Waals surface area (Å²) in [5.74, 6) is 1.17. The number of rotatable bonds is 5. The zero-order chi connectivity index (χ0) is 16.9. The molecule has 2 aromatic carbocycles. The summed E-state index contributed by atoms with van der Waals surface area (Å²) in [6, 6.07) is 13.6. The maximum Gasteiger partial charge on any atom is 0.229 e. The first-order valence-corrected chi connectivity index (χ1v) is 7.58. The smallest absolute Gasteiger partial charge is 0.229 e. The van der Waals surface area contributed by atoms with E-state index in [1.165, 1.54) is 6.20 Å². The summed E-state index contributed by atoms with van der Waals surface area (Å²) in [6.45, 7) is 0.455. The normalized spacial score (nSPS) is 10.4. The monoisotopic (exact) mass is 342 g/mol. The number of nitrogens with zero attached hydrogens (tertiary/aromatic N) is 2. The minimum absolute atomic E-state index is 0.149. The molecule has 0 spiro atoms. The molecule has 0 unspecified atom stereocenters. The van der Waals surface area contributed by atoms with E-state index >= 15 is 0 Å². The van der Waals surface area contributed by atoms with Crippen molar-refractivity contribution < 1.29 is 10.2 Å². The maximum atomic E-state index is 9.49. The van der Waals surface area contributed by atoms with Crippen LogP contribution in [0.25, 0.3) is 0 Å². The van der Waals surface area contributed by atoms with Gasteiger partial charge in [0, 0.05) is 18.3 Å². The summed E-state index contributed by atoms with van der Waals surface area (Å²) in [5, 5.41) is 25.5. The van der Waals surface area contributed by atoms with Crippen LogP contribution in [0.4, 0.5) is 17.5 Å². The number of halogens is 1. The van der Waals surface area contributed by atoms with Crippen molar-refractivity contribution in [1.82, 2.24) is 9.97 Å². The summed E-state index contributed by atoms with van der Waals surface area (Å²) in [4.78, 5) is 8.44. The molecule has 0 fully saturated rings. The van der Waals surface area contributed by atoms with Gasteiger partial charge < -0.3 is 20.8 Å². The van der Waals surface area contributed by atoms with Gasteiger partial charge in [-0.05, 0) is 29.8 Å². The van der Waals surface area contributed by atoms with Crippen molar-refractivity contribution in [3.8, 4) is 11.5 Å². The van der Waals surface area contributed by atoms with Gasteiger partial charge in [-0.25, -0.2) is 4.98 Å². The van der Waals surface area contributed by atoms with Crippen LogP contribution >= 0.6 is 11.6 Å². The lowest BCUT2D eigenvalue weighted by Crippen LogP contribution is -2.05. The van der Waals surface area contributed by atoms with E-state index in [-0.39, 0.29) is 11.5 Å². The summed E-state index contributed by atoms with van der Waals surface area (Å²) >= 11 is 6.12. The molecule has 0 radical (unpaired) electrons. The molecule has 3 rings (SSSR count). The lowest BCUT2D eigenvalue weighted by atomic mass is 10.2. The van der Waals surface area contributed by atoms with Gasteiger partial charge >= 0.3 is 0 Å². The number of phenolic OH excluding ortho intramolecular Hbond substituents is 2. The van der Waals surface area contributed by atoms with Gasteiger partial charge in [-0.3, -0.25) is 0 Å². The fourth-order valence-electron chi connectivity index (χ4n) is 2.12. The lowest BCUT2D eigenvalue weighted by molar-refractivity contribution is 0.474. The van der Waals surface area contributed by atoms with Crippen LogP contribution in [0.2, 0.25) is 5.02 Å². The minimum Gasteiger partial charge on any atom is -0.508 e. The van der Waals surface area contributed by atoms with Gasteiger partial charge in [-0.1, -0.05) is 29.8 Å². The van der Waals surface area contributed by atoms with Crippen molar-refractivity contribution in [3.05, 3.63) is 65.3 Å². The molecule has 7 heteroatoms. The van der Waals surface area contributed by atoms with Crippen molar-refractivity contribution in [1.29, 1.82) is 0 Å². The average molecular weight is 343 g/mol. The molecule has 0 aliphatic heterocycles. The maximum absolute atomic E-state index is 9.49. The second kappa shape index (κ2) is 7.06.